The maximum Gasteiger partial charge on any atom is 0.120 e. The van der Waals surface area contributed by atoms with Gasteiger partial charge in [0.2, 0.25) is 0 Å². The predicted octanol–water partition coefficient (Wildman–Crippen LogP) is 2.52. The maximum atomic E-state index is 5.56. The van der Waals surface area contributed by atoms with Crippen LogP contribution in [0.3, 0.4) is 0 Å². The lowest BCUT2D eigenvalue weighted by Crippen LogP contribution is -1.94. The van der Waals surface area contributed by atoms with Crippen LogP contribution in [0.15, 0.2) is 29.2 Å². The molecule has 1 fully saturated rings. The lowest BCUT2D eigenvalue weighted by molar-refractivity contribution is 0.302. The van der Waals surface area contributed by atoms with Crippen LogP contribution >= 0.6 is 12.6 Å². The van der Waals surface area contributed by atoms with Crippen LogP contribution in [-0.2, 0) is 0 Å². The molecular weight excluding hydrogens is 156 g/mol. The third-order valence-corrected chi connectivity index (χ3v) is 1.92. The van der Waals surface area contributed by atoms with Crippen molar-refractivity contribution in [2.45, 2.75) is 23.8 Å². The van der Waals surface area contributed by atoms with E-state index in [0.717, 1.165) is 10.6 Å². The minimum atomic E-state index is 0.477. The van der Waals surface area contributed by atoms with Crippen molar-refractivity contribution in [3.8, 4) is 5.75 Å². The van der Waals surface area contributed by atoms with Gasteiger partial charge < -0.3 is 4.74 Å². The van der Waals surface area contributed by atoms with Gasteiger partial charge in [-0.25, -0.2) is 0 Å². The van der Waals surface area contributed by atoms with Crippen LogP contribution < -0.4 is 4.74 Å². The summed E-state index contributed by atoms with van der Waals surface area (Å²) in [7, 11) is 0. The molecule has 1 aliphatic carbocycles. The fourth-order valence-electron chi connectivity index (χ4n) is 0.935. The van der Waals surface area contributed by atoms with E-state index in [0.29, 0.717) is 6.10 Å². The standard InChI is InChI=1S/C9H10OS/c11-9-3-1-2-8(6-9)10-7-4-5-7/h1-3,6-7,11H,4-5H2. The summed E-state index contributed by atoms with van der Waals surface area (Å²) in [4.78, 5) is 0.961. The van der Waals surface area contributed by atoms with Gasteiger partial charge in [0.15, 0.2) is 0 Å². The molecule has 0 N–H and O–H groups in total. The van der Waals surface area contributed by atoms with Gasteiger partial charge in [0.05, 0.1) is 6.10 Å². The Morgan fingerprint density at radius 1 is 1.36 bits per heavy atom. The minimum absolute atomic E-state index is 0.477. The largest absolute Gasteiger partial charge is 0.490 e. The molecule has 1 aromatic rings. The summed E-state index contributed by atoms with van der Waals surface area (Å²) in [6.45, 7) is 0. The molecule has 0 saturated heterocycles. The summed E-state index contributed by atoms with van der Waals surface area (Å²) in [5.41, 5.74) is 0. The molecule has 0 unspecified atom stereocenters. The van der Waals surface area contributed by atoms with Crippen molar-refractivity contribution in [1.29, 1.82) is 0 Å². The first-order valence-electron chi connectivity index (χ1n) is 3.80. The van der Waals surface area contributed by atoms with Crippen molar-refractivity contribution in [3.05, 3.63) is 24.3 Å². The van der Waals surface area contributed by atoms with Gasteiger partial charge in [-0.05, 0) is 31.0 Å². The Morgan fingerprint density at radius 3 is 2.82 bits per heavy atom. The third kappa shape index (κ3) is 1.90. The molecule has 11 heavy (non-hydrogen) atoms. The van der Waals surface area contributed by atoms with Crippen LogP contribution in [0.1, 0.15) is 12.8 Å². The van der Waals surface area contributed by atoms with Crippen molar-refractivity contribution in [2.24, 2.45) is 0 Å². The molecule has 0 atom stereocenters. The van der Waals surface area contributed by atoms with E-state index in [1.54, 1.807) is 0 Å². The van der Waals surface area contributed by atoms with Gasteiger partial charge >= 0.3 is 0 Å². The molecule has 1 nitrogen and oxygen atoms in total. The third-order valence-electron chi connectivity index (χ3n) is 1.64. The molecule has 0 spiro atoms. The minimum Gasteiger partial charge on any atom is -0.490 e. The van der Waals surface area contributed by atoms with Crippen molar-refractivity contribution < 1.29 is 4.74 Å². The van der Waals surface area contributed by atoms with Crippen LogP contribution in [0, 0.1) is 0 Å². The van der Waals surface area contributed by atoms with Crippen LogP contribution in [0.2, 0.25) is 0 Å². The van der Waals surface area contributed by atoms with Crippen LogP contribution in [0.25, 0.3) is 0 Å². The van der Waals surface area contributed by atoms with E-state index in [4.69, 9.17) is 4.74 Å². The number of thiol groups is 1. The van der Waals surface area contributed by atoms with Crippen molar-refractivity contribution in [1.82, 2.24) is 0 Å². The van der Waals surface area contributed by atoms with Gasteiger partial charge in [-0.2, -0.15) is 0 Å². The van der Waals surface area contributed by atoms with Crippen LogP contribution in [-0.4, -0.2) is 6.10 Å². The number of benzene rings is 1. The summed E-state index contributed by atoms with van der Waals surface area (Å²) in [6, 6.07) is 7.82. The SMILES string of the molecule is Sc1cccc(OC2CC2)c1. The number of rotatable bonds is 2. The first-order chi connectivity index (χ1) is 5.34. The van der Waals surface area contributed by atoms with E-state index in [1.165, 1.54) is 12.8 Å². The quantitative estimate of drug-likeness (QED) is 0.664. The van der Waals surface area contributed by atoms with Crippen molar-refractivity contribution in [2.75, 3.05) is 0 Å². The second kappa shape index (κ2) is 2.78. The second-order valence-electron chi connectivity index (χ2n) is 2.81. The second-order valence-corrected chi connectivity index (χ2v) is 3.33. The zero-order chi connectivity index (χ0) is 7.68. The van der Waals surface area contributed by atoms with E-state index < -0.39 is 0 Å². The molecule has 0 heterocycles. The Bertz CT molecular complexity index is 255. The van der Waals surface area contributed by atoms with E-state index in [-0.39, 0.29) is 0 Å². The summed E-state index contributed by atoms with van der Waals surface area (Å²) < 4.78 is 5.56. The normalized spacial score (nSPS) is 16.5. The zero-order valence-electron chi connectivity index (χ0n) is 6.16. The summed E-state index contributed by atoms with van der Waals surface area (Å²) >= 11 is 4.22. The fourth-order valence-corrected chi connectivity index (χ4v) is 1.15. The van der Waals surface area contributed by atoms with Gasteiger partial charge in [-0.15, -0.1) is 12.6 Å². The zero-order valence-corrected chi connectivity index (χ0v) is 7.05. The molecule has 1 aliphatic rings. The summed E-state index contributed by atoms with van der Waals surface area (Å²) in [5, 5.41) is 0. The monoisotopic (exact) mass is 166 g/mol. The average molecular weight is 166 g/mol. The molecule has 2 rings (SSSR count). The van der Waals surface area contributed by atoms with Gasteiger partial charge in [0.25, 0.3) is 0 Å². The lowest BCUT2D eigenvalue weighted by Gasteiger charge is -2.03. The summed E-state index contributed by atoms with van der Waals surface area (Å²) in [6.07, 6.45) is 2.89. The van der Waals surface area contributed by atoms with Crippen molar-refractivity contribution >= 4 is 12.6 Å². The highest BCUT2D eigenvalue weighted by Gasteiger charge is 2.23. The molecule has 0 aliphatic heterocycles. The van der Waals surface area contributed by atoms with E-state index >= 15 is 0 Å². The Hall–Kier alpha value is -0.630. The van der Waals surface area contributed by atoms with E-state index in [9.17, 15) is 0 Å². The molecular formula is C9H10OS. The van der Waals surface area contributed by atoms with Crippen LogP contribution in [0.5, 0.6) is 5.75 Å². The van der Waals surface area contributed by atoms with E-state index in [2.05, 4.69) is 12.6 Å². The smallest absolute Gasteiger partial charge is 0.120 e. The molecule has 0 bridgehead atoms. The molecule has 0 aromatic heterocycles. The summed E-state index contributed by atoms with van der Waals surface area (Å²) in [5.74, 6) is 0.944. The number of hydrogen-bond acceptors (Lipinski definition) is 2. The lowest BCUT2D eigenvalue weighted by atomic mass is 10.3. The molecule has 2 heteroatoms. The molecule has 1 saturated carbocycles. The first-order valence-corrected chi connectivity index (χ1v) is 4.25. The molecule has 58 valence electrons. The average Bonchev–Trinajstić information content (AvgIpc) is 2.71. The van der Waals surface area contributed by atoms with E-state index in [1.807, 2.05) is 24.3 Å². The van der Waals surface area contributed by atoms with Crippen molar-refractivity contribution in [3.63, 3.8) is 0 Å². The fraction of sp³-hybridized carbons (Fsp3) is 0.333. The highest BCUT2D eigenvalue weighted by atomic mass is 32.1. The predicted molar refractivity (Wildman–Crippen MR) is 47.3 cm³/mol. The highest BCUT2D eigenvalue weighted by molar-refractivity contribution is 7.80. The maximum absolute atomic E-state index is 5.56. The van der Waals surface area contributed by atoms with Crippen LogP contribution in [0.4, 0.5) is 0 Å². The van der Waals surface area contributed by atoms with Gasteiger partial charge in [-0.1, -0.05) is 6.07 Å². The Labute approximate surface area is 71.8 Å². The molecule has 0 radical (unpaired) electrons. The Kier molecular flexibility index (Phi) is 1.78. The highest BCUT2D eigenvalue weighted by Crippen LogP contribution is 2.27. The molecule has 0 amide bonds. The first kappa shape index (κ1) is 7.04. The van der Waals surface area contributed by atoms with Gasteiger partial charge in [-0.3, -0.25) is 0 Å². The Balaban J connectivity index is 2.10. The Morgan fingerprint density at radius 2 is 2.18 bits per heavy atom. The topological polar surface area (TPSA) is 9.23 Å². The molecule has 1 aromatic carbocycles. The van der Waals surface area contributed by atoms with Gasteiger partial charge in [0, 0.05) is 4.90 Å². The number of hydrogen-bond donors (Lipinski definition) is 1. The number of ether oxygens (including phenoxy) is 1. The van der Waals surface area contributed by atoms with Gasteiger partial charge in [0.1, 0.15) is 5.75 Å².